The lowest BCUT2D eigenvalue weighted by Gasteiger charge is -2.24. The van der Waals surface area contributed by atoms with E-state index in [1.807, 2.05) is 13.8 Å². The SMILES string of the molecule is CC(C)c1nc(C(=O)N(C)CC(C)(C)O)n[nH]1. The molecular weight excluding hydrogens is 220 g/mol. The summed E-state index contributed by atoms with van der Waals surface area (Å²) in [4.78, 5) is 17.5. The molecule has 1 heterocycles. The number of nitrogens with one attached hydrogen (secondary N) is 1. The fraction of sp³-hybridized carbons (Fsp3) is 0.727. The summed E-state index contributed by atoms with van der Waals surface area (Å²) < 4.78 is 0. The van der Waals surface area contributed by atoms with Gasteiger partial charge < -0.3 is 10.0 Å². The Morgan fingerprint density at radius 1 is 1.53 bits per heavy atom. The van der Waals surface area contributed by atoms with Crippen molar-refractivity contribution in [3.8, 4) is 0 Å². The molecule has 0 aliphatic carbocycles. The molecule has 0 saturated heterocycles. The number of hydrogen-bond acceptors (Lipinski definition) is 4. The van der Waals surface area contributed by atoms with Gasteiger partial charge in [0.05, 0.1) is 5.60 Å². The summed E-state index contributed by atoms with van der Waals surface area (Å²) in [5, 5.41) is 16.2. The standard InChI is InChI=1S/C11H20N4O2/c1-7(2)8-12-9(14-13-8)10(16)15(5)6-11(3,4)17/h7,17H,6H2,1-5H3,(H,12,13,14). The average Bonchev–Trinajstić information content (AvgIpc) is 2.62. The van der Waals surface area contributed by atoms with E-state index in [1.165, 1.54) is 4.90 Å². The molecule has 6 nitrogen and oxygen atoms in total. The lowest BCUT2D eigenvalue weighted by molar-refractivity contribution is 0.0361. The van der Waals surface area contributed by atoms with Crippen molar-refractivity contribution in [2.45, 2.75) is 39.2 Å². The molecule has 0 aliphatic heterocycles. The maximum absolute atomic E-state index is 11.9. The van der Waals surface area contributed by atoms with E-state index in [9.17, 15) is 9.90 Å². The van der Waals surface area contributed by atoms with Crippen LogP contribution in [-0.2, 0) is 0 Å². The van der Waals surface area contributed by atoms with Crippen LogP contribution in [0.15, 0.2) is 0 Å². The van der Waals surface area contributed by atoms with E-state index in [0.717, 1.165) is 0 Å². The number of aromatic amines is 1. The van der Waals surface area contributed by atoms with Gasteiger partial charge in [0.2, 0.25) is 5.82 Å². The Labute approximate surface area is 101 Å². The second-order valence-corrected chi connectivity index (χ2v) is 5.17. The first-order chi connectivity index (χ1) is 7.70. The normalized spacial score (nSPS) is 11.9. The lowest BCUT2D eigenvalue weighted by atomic mass is 10.1. The van der Waals surface area contributed by atoms with Gasteiger partial charge in [-0.25, -0.2) is 4.98 Å². The van der Waals surface area contributed by atoms with Gasteiger partial charge in [-0.05, 0) is 13.8 Å². The Bertz CT molecular complexity index is 392. The van der Waals surface area contributed by atoms with Crippen molar-refractivity contribution in [3.05, 3.63) is 11.6 Å². The molecule has 1 aromatic rings. The third kappa shape index (κ3) is 3.81. The number of carbonyl (C=O) groups is 1. The minimum atomic E-state index is -0.929. The molecule has 0 atom stereocenters. The number of H-pyrrole nitrogens is 1. The first-order valence-corrected chi connectivity index (χ1v) is 5.61. The Balaban J connectivity index is 2.75. The quantitative estimate of drug-likeness (QED) is 0.814. The number of aromatic nitrogens is 3. The molecule has 17 heavy (non-hydrogen) atoms. The molecule has 1 amide bonds. The summed E-state index contributed by atoms with van der Waals surface area (Å²) in [7, 11) is 1.62. The number of amides is 1. The molecule has 0 unspecified atom stereocenters. The van der Waals surface area contributed by atoms with Crippen LogP contribution in [0.1, 0.15) is 50.1 Å². The maximum Gasteiger partial charge on any atom is 0.293 e. The van der Waals surface area contributed by atoms with Gasteiger partial charge in [-0.15, -0.1) is 5.10 Å². The van der Waals surface area contributed by atoms with E-state index in [4.69, 9.17) is 0 Å². The van der Waals surface area contributed by atoms with Crippen LogP contribution in [0.5, 0.6) is 0 Å². The molecule has 0 bridgehead atoms. The Morgan fingerprint density at radius 3 is 2.53 bits per heavy atom. The van der Waals surface area contributed by atoms with Crippen molar-refractivity contribution >= 4 is 5.91 Å². The molecule has 0 radical (unpaired) electrons. The van der Waals surface area contributed by atoms with Crippen molar-refractivity contribution in [2.75, 3.05) is 13.6 Å². The number of aliphatic hydroxyl groups is 1. The summed E-state index contributed by atoms with van der Waals surface area (Å²) in [6.07, 6.45) is 0. The van der Waals surface area contributed by atoms with Crippen molar-refractivity contribution < 1.29 is 9.90 Å². The predicted molar refractivity (Wildman–Crippen MR) is 63.7 cm³/mol. The van der Waals surface area contributed by atoms with E-state index in [1.54, 1.807) is 20.9 Å². The fourth-order valence-electron chi connectivity index (χ4n) is 1.45. The van der Waals surface area contributed by atoms with Crippen LogP contribution in [0, 0.1) is 0 Å². The summed E-state index contributed by atoms with van der Waals surface area (Å²) in [6.45, 7) is 7.46. The summed E-state index contributed by atoms with van der Waals surface area (Å²) in [6, 6.07) is 0. The first-order valence-electron chi connectivity index (χ1n) is 5.61. The number of carbonyl (C=O) groups excluding carboxylic acids is 1. The third-order valence-corrected chi connectivity index (χ3v) is 2.21. The van der Waals surface area contributed by atoms with Gasteiger partial charge in [0, 0.05) is 19.5 Å². The monoisotopic (exact) mass is 240 g/mol. The van der Waals surface area contributed by atoms with Crippen LogP contribution in [0.25, 0.3) is 0 Å². The van der Waals surface area contributed by atoms with Crippen LogP contribution >= 0.6 is 0 Å². The number of hydrogen-bond donors (Lipinski definition) is 2. The second kappa shape index (κ2) is 4.83. The molecule has 0 saturated carbocycles. The van der Waals surface area contributed by atoms with Crippen molar-refractivity contribution in [1.82, 2.24) is 20.1 Å². The van der Waals surface area contributed by atoms with Gasteiger partial charge in [0.1, 0.15) is 5.82 Å². The molecule has 2 N–H and O–H groups in total. The molecule has 0 spiro atoms. The van der Waals surface area contributed by atoms with Crippen LogP contribution < -0.4 is 0 Å². The average molecular weight is 240 g/mol. The summed E-state index contributed by atoms with van der Waals surface area (Å²) >= 11 is 0. The van der Waals surface area contributed by atoms with Gasteiger partial charge in [0.25, 0.3) is 5.91 Å². The van der Waals surface area contributed by atoms with Crippen LogP contribution in [0.3, 0.4) is 0 Å². The van der Waals surface area contributed by atoms with Gasteiger partial charge in [-0.1, -0.05) is 13.8 Å². The van der Waals surface area contributed by atoms with Gasteiger partial charge in [0.15, 0.2) is 0 Å². The molecule has 96 valence electrons. The molecular formula is C11H20N4O2. The fourth-order valence-corrected chi connectivity index (χ4v) is 1.45. The molecule has 1 aromatic heterocycles. The number of rotatable bonds is 4. The lowest BCUT2D eigenvalue weighted by Crippen LogP contribution is -2.40. The highest BCUT2D eigenvalue weighted by molar-refractivity contribution is 5.90. The molecule has 1 rings (SSSR count). The molecule has 0 aliphatic rings. The molecule has 6 heteroatoms. The Morgan fingerprint density at radius 2 is 2.12 bits per heavy atom. The zero-order chi connectivity index (χ0) is 13.2. The first kappa shape index (κ1) is 13.6. The second-order valence-electron chi connectivity index (χ2n) is 5.17. The van der Waals surface area contributed by atoms with Gasteiger partial charge >= 0.3 is 0 Å². The van der Waals surface area contributed by atoms with E-state index < -0.39 is 5.60 Å². The van der Waals surface area contributed by atoms with E-state index in [2.05, 4.69) is 15.2 Å². The highest BCUT2D eigenvalue weighted by atomic mass is 16.3. The minimum absolute atomic E-state index is 0.139. The molecule has 0 aromatic carbocycles. The Hall–Kier alpha value is -1.43. The zero-order valence-corrected chi connectivity index (χ0v) is 11.0. The Kier molecular flexibility index (Phi) is 3.87. The van der Waals surface area contributed by atoms with E-state index >= 15 is 0 Å². The van der Waals surface area contributed by atoms with Crippen LogP contribution in [0.2, 0.25) is 0 Å². The largest absolute Gasteiger partial charge is 0.389 e. The highest BCUT2D eigenvalue weighted by Gasteiger charge is 2.23. The van der Waals surface area contributed by atoms with Crippen molar-refractivity contribution in [2.24, 2.45) is 0 Å². The predicted octanol–water partition coefficient (Wildman–Crippen LogP) is 0.771. The van der Waals surface area contributed by atoms with Gasteiger partial charge in [-0.3, -0.25) is 9.89 Å². The van der Waals surface area contributed by atoms with E-state index in [-0.39, 0.29) is 24.2 Å². The maximum atomic E-state index is 11.9. The number of nitrogens with zero attached hydrogens (tertiary/aromatic N) is 3. The molecule has 0 fully saturated rings. The zero-order valence-electron chi connectivity index (χ0n) is 11.0. The van der Waals surface area contributed by atoms with Crippen LogP contribution in [-0.4, -0.2) is 50.3 Å². The van der Waals surface area contributed by atoms with Crippen LogP contribution in [0.4, 0.5) is 0 Å². The topological polar surface area (TPSA) is 82.1 Å². The van der Waals surface area contributed by atoms with Gasteiger partial charge in [-0.2, -0.15) is 0 Å². The summed E-state index contributed by atoms with van der Waals surface area (Å²) in [5.41, 5.74) is -0.929. The number of likely N-dealkylation sites (N-methyl/N-ethyl adjacent to an activating group) is 1. The van der Waals surface area contributed by atoms with Crippen molar-refractivity contribution in [1.29, 1.82) is 0 Å². The third-order valence-electron chi connectivity index (χ3n) is 2.21. The van der Waals surface area contributed by atoms with E-state index in [0.29, 0.717) is 5.82 Å². The summed E-state index contributed by atoms with van der Waals surface area (Å²) in [5.74, 6) is 0.726. The van der Waals surface area contributed by atoms with Crippen molar-refractivity contribution in [3.63, 3.8) is 0 Å². The highest BCUT2D eigenvalue weighted by Crippen LogP contribution is 2.10. The minimum Gasteiger partial charge on any atom is -0.389 e. The smallest absolute Gasteiger partial charge is 0.293 e.